The number of aromatic amines is 1. The maximum atomic E-state index is 5.99. The van der Waals surface area contributed by atoms with Crippen LogP contribution in [0, 0.1) is 10.8 Å². The highest BCUT2D eigenvalue weighted by molar-refractivity contribution is 9.08. The molecule has 0 aliphatic carbocycles. The smallest absolute Gasteiger partial charge is 0.224 e. The van der Waals surface area contributed by atoms with Crippen LogP contribution in [0.5, 0.6) is 0 Å². The summed E-state index contributed by atoms with van der Waals surface area (Å²) in [6.45, 7) is 17.3. The lowest BCUT2D eigenvalue weighted by Crippen LogP contribution is -2.33. The fourth-order valence-electron chi connectivity index (χ4n) is 5.18. The molecule has 0 saturated heterocycles. The van der Waals surface area contributed by atoms with E-state index < -0.39 is 0 Å². The van der Waals surface area contributed by atoms with Crippen molar-refractivity contribution >= 4 is 50.8 Å². The van der Waals surface area contributed by atoms with Crippen molar-refractivity contribution in [2.24, 2.45) is 10.8 Å². The minimum absolute atomic E-state index is 0.129. The third kappa shape index (κ3) is 15.6. The van der Waals surface area contributed by atoms with E-state index in [1.165, 1.54) is 34.9 Å². The topological polar surface area (TPSA) is 130 Å². The molecule has 1 N–H and O–H groups in total. The van der Waals surface area contributed by atoms with Gasteiger partial charge in [0.05, 0.1) is 6.54 Å². The summed E-state index contributed by atoms with van der Waals surface area (Å²) in [5.41, 5.74) is 5.22. The van der Waals surface area contributed by atoms with Crippen LogP contribution in [0.2, 0.25) is 10.6 Å². The van der Waals surface area contributed by atoms with Gasteiger partial charge in [-0.2, -0.15) is 10.2 Å². The lowest BCUT2D eigenvalue weighted by molar-refractivity contribution is 0.407. The van der Waals surface area contributed by atoms with Crippen LogP contribution in [0.25, 0.3) is 0 Å². The molecule has 6 aromatic rings. The number of hydrogen-bond donors (Lipinski definition) is 1. The predicted molar refractivity (Wildman–Crippen MR) is 216 cm³/mol. The molecule has 0 spiro atoms. The van der Waals surface area contributed by atoms with Crippen molar-refractivity contribution in [3.63, 3.8) is 0 Å². The highest BCUT2D eigenvalue weighted by atomic mass is 79.9. The van der Waals surface area contributed by atoms with Crippen molar-refractivity contribution in [1.29, 1.82) is 0 Å². The first-order chi connectivity index (χ1) is 25.3. The first-order valence-corrected chi connectivity index (χ1v) is 18.9. The van der Waals surface area contributed by atoms with Gasteiger partial charge in [-0.1, -0.05) is 106 Å². The van der Waals surface area contributed by atoms with E-state index in [0.29, 0.717) is 6.54 Å². The highest BCUT2D eigenvalue weighted by Gasteiger charge is 2.20. The molecule has 6 rings (SSSR count). The standard InChI is InChI=1S/C19H23ClN6.C17H21BrClN3.C2H3N3/c1-19(2,3)12-25(17-8-9-22-18(20)24-17)10-15-4-6-16(7-5-15)11-26-14-21-13-23-26;1-17(2,3)12-22(15-8-9-20-16(19)21-15)11-14-6-4-13(10-18)5-7-14;1-3-2-5-4-1/h4-9,13-14H,10-12H2,1-3H3;4-9H,10-12H2,1-3H3;1-2H,(H,3,4,5). The van der Waals surface area contributed by atoms with E-state index in [-0.39, 0.29) is 21.4 Å². The third-order valence-corrected chi connectivity index (χ3v) is 8.30. The molecular weight excluding hydrogens is 775 g/mol. The van der Waals surface area contributed by atoms with Crippen molar-refractivity contribution in [2.75, 3.05) is 22.9 Å². The molecule has 4 heterocycles. The van der Waals surface area contributed by atoms with Gasteiger partial charge in [-0.05, 0) is 68.4 Å². The molecule has 53 heavy (non-hydrogen) atoms. The highest BCUT2D eigenvalue weighted by Crippen LogP contribution is 2.25. The van der Waals surface area contributed by atoms with Crippen molar-refractivity contribution in [1.82, 2.24) is 49.9 Å². The molecule has 0 atom stereocenters. The molecule has 0 radical (unpaired) electrons. The average molecular weight is 823 g/mol. The average Bonchev–Trinajstić information content (AvgIpc) is 3.86. The number of nitrogens with one attached hydrogen (secondary N) is 1. The molecule has 280 valence electrons. The monoisotopic (exact) mass is 820 g/mol. The Bertz CT molecular complexity index is 1870. The van der Waals surface area contributed by atoms with Crippen LogP contribution >= 0.6 is 39.1 Å². The molecule has 15 heteroatoms. The fourth-order valence-corrected chi connectivity index (χ4v) is 5.84. The third-order valence-electron chi connectivity index (χ3n) is 7.29. The quantitative estimate of drug-likeness (QED) is 0.100. The summed E-state index contributed by atoms with van der Waals surface area (Å²) in [6.07, 6.45) is 9.62. The van der Waals surface area contributed by atoms with Crippen molar-refractivity contribution in [3.05, 3.63) is 131 Å². The summed E-state index contributed by atoms with van der Waals surface area (Å²) in [5.74, 6) is 1.70. The lowest BCUT2D eigenvalue weighted by Gasteiger charge is -2.31. The summed E-state index contributed by atoms with van der Waals surface area (Å²) in [4.78, 5) is 28.7. The Morgan fingerprint density at radius 3 is 1.51 bits per heavy atom. The summed E-state index contributed by atoms with van der Waals surface area (Å²) in [7, 11) is 0. The minimum atomic E-state index is 0.129. The lowest BCUT2D eigenvalue weighted by atomic mass is 9.95. The van der Waals surface area contributed by atoms with Gasteiger partial charge in [-0.25, -0.2) is 34.6 Å². The van der Waals surface area contributed by atoms with E-state index in [9.17, 15) is 0 Å². The van der Waals surface area contributed by atoms with E-state index in [1.807, 2.05) is 16.8 Å². The molecule has 2 aromatic carbocycles. The van der Waals surface area contributed by atoms with E-state index in [4.69, 9.17) is 23.2 Å². The maximum Gasteiger partial charge on any atom is 0.224 e. The van der Waals surface area contributed by atoms with Crippen LogP contribution in [0.3, 0.4) is 0 Å². The van der Waals surface area contributed by atoms with Gasteiger partial charge in [0.2, 0.25) is 10.6 Å². The number of anilines is 2. The number of hydrogen-bond acceptors (Lipinski definition) is 10. The van der Waals surface area contributed by atoms with Gasteiger partial charge in [-0.15, -0.1) is 0 Å². The SMILES string of the molecule is CC(C)(C)CN(Cc1ccc(CBr)cc1)c1ccnc(Cl)n1.CC(C)(C)CN(Cc1ccc(Cn2cncn2)cc1)c1ccnc(Cl)n1.c1nc[nH]n1. The van der Waals surface area contributed by atoms with E-state index in [0.717, 1.165) is 43.1 Å². The Morgan fingerprint density at radius 1 is 0.660 bits per heavy atom. The molecular formula is C38H47BrCl2N12. The molecule has 4 aromatic heterocycles. The van der Waals surface area contributed by atoms with Gasteiger partial charge < -0.3 is 9.80 Å². The van der Waals surface area contributed by atoms with Gasteiger partial charge >= 0.3 is 0 Å². The summed E-state index contributed by atoms with van der Waals surface area (Å²) >= 11 is 15.4. The Hall–Kier alpha value is -4.46. The Labute approximate surface area is 330 Å². The summed E-state index contributed by atoms with van der Waals surface area (Å²) in [6, 6.07) is 21.0. The first-order valence-electron chi connectivity index (χ1n) is 17.1. The van der Waals surface area contributed by atoms with Crippen LogP contribution in [-0.4, -0.2) is 63.0 Å². The second-order valence-corrected chi connectivity index (χ2v) is 15.9. The van der Waals surface area contributed by atoms with Crippen molar-refractivity contribution in [2.45, 2.75) is 66.5 Å². The molecule has 0 saturated carbocycles. The Morgan fingerprint density at radius 2 is 1.15 bits per heavy atom. The summed E-state index contributed by atoms with van der Waals surface area (Å²) < 4.78 is 1.81. The largest absolute Gasteiger partial charge is 0.352 e. The number of alkyl halides is 1. The number of halogens is 3. The number of nitrogens with zero attached hydrogens (tertiary/aromatic N) is 11. The molecule has 0 aliphatic heterocycles. The fraction of sp³-hybridized carbons (Fsp3) is 0.368. The normalized spacial score (nSPS) is 11.2. The second kappa shape index (κ2) is 20.1. The molecule has 0 amide bonds. The van der Waals surface area contributed by atoms with Crippen LogP contribution in [-0.2, 0) is 25.0 Å². The number of rotatable bonds is 11. The van der Waals surface area contributed by atoms with Crippen molar-refractivity contribution in [3.8, 4) is 0 Å². The molecule has 0 unspecified atom stereocenters. The van der Waals surface area contributed by atoms with Crippen LogP contribution < -0.4 is 9.80 Å². The Kier molecular flexibility index (Phi) is 15.7. The molecule has 0 aliphatic rings. The molecule has 0 bridgehead atoms. The summed E-state index contributed by atoms with van der Waals surface area (Å²) in [5, 5.41) is 11.6. The van der Waals surface area contributed by atoms with Gasteiger partial charge in [0.15, 0.2) is 0 Å². The van der Waals surface area contributed by atoms with Gasteiger partial charge in [-0.3, -0.25) is 5.10 Å². The Balaban J connectivity index is 0.000000211. The molecule has 0 fully saturated rings. The van der Waals surface area contributed by atoms with Crippen molar-refractivity contribution < 1.29 is 0 Å². The second-order valence-electron chi connectivity index (χ2n) is 14.7. The predicted octanol–water partition coefficient (Wildman–Crippen LogP) is 8.70. The van der Waals surface area contributed by atoms with Crippen LogP contribution in [0.1, 0.15) is 63.8 Å². The van der Waals surface area contributed by atoms with E-state index in [2.05, 4.69) is 161 Å². The van der Waals surface area contributed by atoms with E-state index in [1.54, 1.807) is 25.0 Å². The number of benzene rings is 2. The maximum absolute atomic E-state index is 5.99. The van der Waals surface area contributed by atoms with E-state index >= 15 is 0 Å². The zero-order valence-corrected chi connectivity index (χ0v) is 34.1. The first kappa shape index (κ1) is 41.3. The zero-order valence-electron chi connectivity index (χ0n) is 31.0. The van der Waals surface area contributed by atoms with Gasteiger partial charge in [0.25, 0.3) is 0 Å². The minimum Gasteiger partial charge on any atom is -0.352 e. The van der Waals surface area contributed by atoms with Gasteiger partial charge in [0.1, 0.15) is 36.9 Å². The number of H-pyrrole nitrogens is 1. The number of aromatic nitrogens is 10. The van der Waals surface area contributed by atoms with Crippen LogP contribution in [0.15, 0.2) is 98.4 Å². The van der Waals surface area contributed by atoms with Gasteiger partial charge in [0, 0.05) is 43.9 Å². The van der Waals surface area contributed by atoms with Crippen LogP contribution in [0.4, 0.5) is 11.6 Å². The zero-order chi connectivity index (χ0) is 38.3. The molecule has 12 nitrogen and oxygen atoms in total.